The normalized spacial score (nSPS) is 27.5. The molecule has 1 saturated carbocycles. The summed E-state index contributed by atoms with van der Waals surface area (Å²) in [7, 11) is 0. The SMILES string of the molecule is CCCCCOC1CCCCCCCCCCC1O. The maximum absolute atomic E-state index is 10.3. The molecule has 2 nitrogen and oxygen atoms in total. The zero-order chi connectivity index (χ0) is 13.8. The molecule has 2 atom stereocenters. The fourth-order valence-corrected chi connectivity index (χ4v) is 2.92. The molecule has 2 heteroatoms. The molecule has 1 rings (SSSR count). The van der Waals surface area contributed by atoms with Gasteiger partial charge in [-0.15, -0.1) is 0 Å². The minimum Gasteiger partial charge on any atom is -0.390 e. The van der Waals surface area contributed by atoms with E-state index in [1.165, 1.54) is 57.8 Å². The van der Waals surface area contributed by atoms with E-state index in [2.05, 4.69) is 6.92 Å². The first-order chi connectivity index (χ1) is 9.34. The Balaban J connectivity index is 2.29. The van der Waals surface area contributed by atoms with Crippen LogP contribution < -0.4 is 0 Å². The molecule has 19 heavy (non-hydrogen) atoms. The van der Waals surface area contributed by atoms with E-state index in [0.29, 0.717) is 0 Å². The van der Waals surface area contributed by atoms with Gasteiger partial charge in [-0.25, -0.2) is 0 Å². The van der Waals surface area contributed by atoms with Gasteiger partial charge in [0.1, 0.15) is 0 Å². The first-order valence-electron chi connectivity index (χ1n) is 8.64. The molecule has 2 unspecified atom stereocenters. The highest BCUT2D eigenvalue weighted by Gasteiger charge is 2.19. The number of aliphatic hydroxyl groups is 1. The highest BCUT2D eigenvalue weighted by Crippen LogP contribution is 2.19. The number of rotatable bonds is 5. The maximum Gasteiger partial charge on any atom is 0.0833 e. The van der Waals surface area contributed by atoms with Crippen LogP contribution >= 0.6 is 0 Å². The molecule has 0 aliphatic heterocycles. The summed E-state index contributed by atoms with van der Waals surface area (Å²) in [4.78, 5) is 0. The van der Waals surface area contributed by atoms with E-state index < -0.39 is 0 Å². The molecule has 1 N–H and O–H groups in total. The molecule has 0 radical (unpaired) electrons. The Kier molecular flexibility index (Phi) is 10.5. The summed E-state index contributed by atoms with van der Waals surface area (Å²) >= 11 is 0. The molecule has 1 aliphatic carbocycles. The monoisotopic (exact) mass is 270 g/mol. The quantitative estimate of drug-likeness (QED) is 0.724. The van der Waals surface area contributed by atoms with Gasteiger partial charge < -0.3 is 9.84 Å². The average Bonchev–Trinajstić information content (AvgIpc) is 2.41. The molecule has 0 bridgehead atoms. The average molecular weight is 270 g/mol. The fourth-order valence-electron chi connectivity index (χ4n) is 2.92. The van der Waals surface area contributed by atoms with Crippen molar-refractivity contribution in [3.8, 4) is 0 Å². The zero-order valence-electron chi connectivity index (χ0n) is 12.9. The molecule has 114 valence electrons. The van der Waals surface area contributed by atoms with E-state index >= 15 is 0 Å². The molecule has 0 aromatic carbocycles. The van der Waals surface area contributed by atoms with Crippen molar-refractivity contribution < 1.29 is 9.84 Å². The van der Waals surface area contributed by atoms with Crippen LogP contribution in [0.3, 0.4) is 0 Å². The lowest BCUT2D eigenvalue weighted by Crippen LogP contribution is -2.29. The number of unbranched alkanes of at least 4 members (excludes halogenated alkanes) is 2. The number of ether oxygens (including phenoxy) is 1. The summed E-state index contributed by atoms with van der Waals surface area (Å²) in [6.45, 7) is 3.04. The largest absolute Gasteiger partial charge is 0.390 e. The third-order valence-corrected chi connectivity index (χ3v) is 4.25. The summed E-state index contributed by atoms with van der Waals surface area (Å²) in [5.41, 5.74) is 0. The Hall–Kier alpha value is -0.0800. The van der Waals surface area contributed by atoms with E-state index in [-0.39, 0.29) is 12.2 Å². The Labute approximate surface area is 119 Å². The lowest BCUT2D eigenvalue weighted by Gasteiger charge is -2.24. The van der Waals surface area contributed by atoms with Crippen molar-refractivity contribution >= 4 is 0 Å². The minimum absolute atomic E-state index is 0.0938. The second kappa shape index (κ2) is 11.7. The number of aliphatic hydroxyl groups excluding tert-OH is 1. The van der Waals surface area contributed by atoms with Crippen LogP contribution in [0.2, 0.25) is 0 Å². The molecule has 1 aliphatic rings. The number of hydrogen-bond donors (Lipinski definition) is 1. The van der Waals surface area contributed by atoms with E-state index in [4.69, 9.17) is 4.74 Å². The van der Waals surface area contributed by atoms with Gasteiger partial charge in [0.15, 0.2) is 0 Å². The summed E-state index contributed by atoms with van der Waals surface area (Å²) in [6.07, 6.45) is 15.9. The summed E-state index contributed by atoms with van der Waals surface area (Å²) in [6, 6.07) is 0. The van der Waals surface area contributed by atoms with Crippen molar-refractivity contribution in [1.29, 1.82) is 0 Å². The van der Waals surface area contributed by atoms with E-state index in [1.807, 2.05) is 0 Å². The van der Waals surface area contributed by atoms with Crippen LogP contribution in [0.5, 0.6) is 0 Å². The Morgan fingerprint density at radius 3 is 2.05 bits per heavy atom. The van der Waals surface area contributed by atoms with Crippen molar-refractivity contribution in [2.24, 2.45) is 0 Å². The van der Waals surface area contributed by atoms with Crippen LogP contribution in [0.4, 0.5) is 0 Å². The van der Waals surface area contributed by atoms with Crippen LogP contribution in [-0.4, -0.2) is 23.9 Å². The third-order valence-electron chi connectivity index (χ3n) is 4.25. The van der Waals surface area contributed by atoms with Crippen molar-refractivity contribution in [1.82, 2.24) is 0 Å². The van der Waals surface area contributed by atoms with E-state index in [0.717, 1.165) is 32.3 Å². The summed E-state index contributed by atoms with van der Waals surface area (Å²) < 4.78 is 5.95. The smallest absolute Gasteiger partial charge is 0.0833 e. The predicted octanol–water partition coefficient (Wildman–Crippen LogP) is 4.84. The zero-order valence-corrected chi connectivity index (χ0v) is 12.9. The molecule has 0 amide bonds. The minimum atomic E-state index is -0.235. The Morgan fingerprint density at radius 2 is 1.42 bits per heavy atom. The van der Waals surface area contributed by atoms with Gasteiger partial charge in [0.2, 0.25) is 0 Å². The van der Waals surface area contributed by atoms with Crippen LogP contribution in [0.25, 0.3) is 0 Å². The van der Waals surface area contributed by atoms with Crippen molar-refractivity contribution in [2.45, 2.75) is 103 Å². The maximum atomic E-state index is 10.3. The summed E-state index contributed by atoms with van der Waals surface area (Å²) in [5.74, 6) is 0. The van der Waals surface area contributed by atoms with E-state index in [9.17, 15) is 5.11 Å². The fraction of sp³-hybridized carbons (Fsp3) is 1.00. The van der Waals surface area contributed by atoms with Crippen molar-refractivity contribution in [2.75, 3.05) is 6.61 Å². The second-order valence-electron chi connectivity index (χ2n) is 6.09. The molecule has 1 fully saturated rings. The van der Waals surface area contributed by atoms with Gasteiger partial charge in [0.25, 0.3) is 0 Å². The highest BCUT2D eigenvalue weighted by molar-refractivity contribution is 4.70. The van der Waals surface area contributed by atoms with Crippen LogP contribution in [0.15, 0.2) is 0 Å². The first kappa shape index (κ1) is 17.0. The molecular weight excluding hydrogens is 236 g/mol. The lowest BCUT2D eigenvalue weighted by atomic mass is 9.97. The van der Waals surface area contributed by atoms with Gasteiger partial charge in [0, 0.05) is 6.61 Å². The van der Waals surface area contributed by atoms with Crippen LogP contribution in [0, 0.1) is 0 Å². The topological polar surface area (TPSA) is 29.5 Å². The van der Waals surface area contributed by atoms with Crippen molar-refractivity contribution in [3.63, 3.8) is 0 Å². The molecule has 0 saturated heterocycles. The van der Waals surface area contributed by atoms with Gasteiger partial charge in [-0.1, -0.05) is 71.1 Å². The van der Waals surface area contributed by atoms with E-state index in [1.54, 1.807) is 0 Å². The molecule has 0 aromatic rings. The first-order valence-corrected chi connectivity index (χ1v) is 8.64. The van der Waals surface area contributed by atoms with Gasteiger partial charge in [0.05, 0.1) is 12.2 Å². The molecular formula is C17H34O2. The van der Waals surface area contributed by atoms with Crippen LogP contribution in [0.1, 0.15) is 90.4 Å². The molecule has 0 heterocycles. The summed E-state index contributed by atoms with van der Waals surface area (Å²) in [5, 5.41) is 10.3. The number of hydrogen-bond acceptors (Lipinski definition) is 2. The molecule has 0 spiro atoms. The predicted molar refractivity (Wildman–Crippen MR) is 81.4 cm³/mol. The van der Waals surface area contributed by atoms with Gasteiger partial charge in [-0.2, -0.15) is 0 Å². The standard InChI is InChI=1S/C17H34O2/c1-2-3-12-15-19-17-14-11-9-7-5-4-6-8-10-13-16(17)18/h16-18H,2-15H2,1H3. The second-order valence-corrected chi connectivity index (χ2v) is 6.09. The Bertz CT molecular complexity index is 192. The van der Waals surface area contributed by atoms with Gasteiger partial charge in [-0.05, 0) is 19.3 Å². The van der Waals surface area contributed by atoms with Crippen LogP contribution in [-0.2, 0) is 4.74 Å². The lowest BCUT2D eigenvalue weighted by molar-refractivity contribution is -0.0474. The van der Waals surface area contributed by atoms with Gasteiger partial charge in [-0.3, -0.25) is 0 Å². The van der Waals surface area contributed by atoms with Crippen molar-refractivity contribution in [3.05, 3.63) is 0 Å². The van der Waals surface area contributed by atoms with Gasteiger partial charge >= 0.3 is 0 Å². The molecule has 0 aromatic heterocycles. The Morgan fingerprint density at radius 1 is 0.842 bits per heavy atom. The highest BCUT2D eigenvalue weighted by atomic mass is 16.5. The third kappa shape index (κ3) is 8.65.